The summed E-state index contributed by atoms with van der Waals surface area (Å²) in [7, 11) is 0. The summed E-state index contributed by atoms with van der Waals surface area (Å²) < 4.78 is 0. The van der Waals surface area contributed by atoms with Gasteiger partial charge in [-0.3, -0.25) is 4.79 Å². The SMILES string of the molecule is Cc1ccc(CN2CC(CCl)CC2=O)c(C)c1. The van der Waals surface area contributed by atoms with Gasteiger partial charge in [0.25, 0.3) is 0 Å². The fraction of sp³-hybridized carbons (Fsp3) is 0.500. The molecule has 17 heavy (non-hydrogen) atoms. The van der Waals surface area contributed by atoms with Crippen LogP contribution < -0.4 is 0 Å². The van der Waals surface area contributed by atoms with Gasteiger partial charge in [0.15, 0.2) is 0 Å². The van der Waals surface area contributed by atoms with E-state index < -0.39 is 0 Å². The summed E-state index contributed by atoms with van der Waals surface area (Å²) in [6.07, 6.45) is 0.606. The van der Waals surface area contributed by atoms with E-state index in [-0.39, 0.29) is 5.91 Å². The van der Waals surface area contributed by atoms with Gasteiger partial charge in [-0.1, -0.05) is 23.8 Å². The Balaban J connectivity index is 2.08. The van der Waals surface area contributed by atoms with Crippen LogP contribution in [0.15, 0.2) is 18.2 Å². The molecule has 0 bridgehead atoms. The van der Waals surface area contributed by atoms with E-state index in [1.54, 1.807) is 0 Å². The number of carbonyl (C=O) groups excluding carboxylic acids is 1. The Morgan fingerprint density at radius 2 is 2.18 bits per heavy atom. The van der Waals surface area contributed by atoms with E-state index in [0.29, 0.717) is 18.2 Å². The second-order valence-electron chi connectivity index (χ2n) is 4.93. The maximum Gasteiger partial charge on any atom is 0.223 e. The highest BCUT2D eigenvalue weighted by molar-refractivity contribution is 6.18. The zero-order valence-electron chi connectivity index (χ0n) is 10.4. The summed E-state index contributed by atoms with van der Waals surface area (Å²) in [5.41, 5.74) is 3.75. The van der Waals surface area contributed by atoms with Crippen LogP contribution in [0.1, 0.15) is 23.1 Å². The second-order valence-corrected chi connectivity index (χ2v) is 5.24. The van der Waals surface area contributed by atoms with E-state index in [9.17, 15) is 4.79 Å². The lowest BCUT2D eigenvalue weighted by Crippen LogP contribution is -2.25. The van der Waals surface area contributed by atoms with E-state index in [0.717, 1.165) is 13.1 Å². The van der Waals surface area contributed by atoms with Gasteiger partial charge in [0.1, 0.15) is 0 Å². The Kier molecular flexibility index (Phi) is 3.72. The molecule has 0 aromatic heterocycles. The fourth-order valence-corrected chi connectivity index (χ4v) is 2.55. The Bertz CT molecular complexity index is 430. The van der Waals surface area contributed by atoms with Crippen LogP contribution in [0.2, 0.25) is 0 Å². The highest BCUT2D eigenvalue weighted by atomic mass is 35.5. The van der Waals surface area contributed by atoms with Crippen molar-refractivity contribution >= 4 is 17.5 Å². The Hall–Kier alpha value is -1.02. The van der Waals surface area contributed by atoms with Crippen molar-refractivity contribution in [3.8, 4) is 0 Å². The van der Waals surface area contributed by atoms with Crippen molar-refractivity contribution < 1.29 is 4.79 Å². The minimum atomic E-state index is 0.232. The van der Waals surface area contributed by atoms with E-state index in [1.165, 1.54) is 16.7 Å². The molecule has 1 amide bonds. The number of hydrogen-bond acceptors (Lipinski definition) is 1. The lowest BCUT2D eigenvalue weighted by molar-refractivity contribution is -0.128. The quantitative estimate of drug-likeness (QED) is 0.757. The van der Waals surface area contributed by atoms with Gasteiger partial charge in [-0.25, -0.2) is 0 Å². The van der Waals surface area contributed by atoms with Crippen LogP contribution in [0, 0.1) is 19.8 Å². The number of carbonyl (C=O) groups is 1. The Morgan fingerprint density at radius 1 is 1.41 bits per heavy atom. The molecule has 1 aromatic carbocycles. The molecular formula is C14H18ClNO. The number of amides is 1. The van der Waals surface area contributed by atoms with Crippen molar-refractivity contribution in [3.05, 3.63) is 34.9 Å². The molecule has 1 heterocycles. The predicted molar refractivity (Wildman–Crippen MR) is 70.2 cm³/mol. The first-order valence-corrected chi connectivity index (χ1v) is 6.53. The highest BCUT2D eigenvalue weighted by Gasteiger charge is 2.28. The van der Waals surface area contributed by atoms with Crippen molar-refractivity contribution in [1.82, 2.24) is 4.90 Å². The Labute approximate surface area is 108 Å². The lowest BCUT2D eigenvalue weighted by atomic mass is 10.1. The summed E-state index contributed by atoms with van der Waals surface area (Å²) in [5.74, 6) is 1.14. The summed E-state index contributed by atoms with van der Waals surface area (Å²) >= 11 is 5.81. The minimum Gasteiger partial charge on any atom is -0.338 e. The number of aryl methyl sites for hydroxylation is 2. The topological polar surface area (TPSA) is 20.3 Å². The van der Waals surface area contributed by atoms with E-state index in [1.807, 2.05) is 4.90 Å². The lowest BCUT2D eigenvalue weighted by Gasteiger charge is -2.18. The number of benzene rings is 1. The molecular weight excluding hydrogens is 234 g/mol. The molecule has 1 unspecified atom stereocenters. The van der Waals surface area contributed by atoms with Crippen LogP contribution in [0.5, 0.6) is 0 Å². The van der Waals surface area contributed by atoms with Crippen LogP contribution >= 0.6 is 11.6 Å². The van der Waals surface area contributed by atoms with Crippen LogP contribution in [0.4, 0.5) is 0 Å². The maximum atomic E-state index is 11.8. The number of rotatable bonds is 3. The van der Waals surface area contributed by atoms with Crippen molar-refractivity contribution in [1.29, 1.82) is 0 Å². The number of likely N-dealkylation sites (tertiary alicyclic amines) is 1. The summed E-state index contributed by atoms with van der Waals surface area (Å²) in [4.78, 5) is 13.7. The molecule has 2 nitrogen and oxygen atoms in total. The highest BCUT2D eigenvalue weighted by Crippen LogP contribution is 2.22. The molecule has 0 aliphatic carbocycles. The van der Waals surface area contributed by atoms with E-state index >= 15 is 0 Å². The number of hydrogen-bond donors (Lipinski definition) is 0. The number of nitrogens with zero attached hydrogens (tertiary/aromatic N) is 1. The standard InChI is InChI=1S/C14H18ClNO/c1-10-3-4-13(11(2)5-10)9-16-8-12(7-15)6-14(16)17/h3-5,12H,6-9H2,1-2H3. The summed E-state index contributed by atoms with van der Waals surface area (Å²) in [6, 6.07) is 6.38. The van der Waals surface area contributed by atoms with Gasteiger partial charge in [-0.2, -0.15) is 0 Å². The second kappa shape index (κ2) is 5.09. The van der Waals surface area contributed by atoms with Crippen molar-refractivity contribution in [2.24, 2.45) is 5.92 Å². The predicted octanol–water partition coefficient (Wildman–Crippen LogP) is 2.89. The van der Waals surface area contributed by atoms with Crippen LogP contribution in [-0.4, -0.2) is 23.2 Å². The molecule has 0 N–H and O–H groups in total. The minimum absolute atomic E-state index is 0.232. The molecule has 1 aliphatic rings. The summed E-state index contributed by atoms with van der Waals surface area (Å²) in [5, 5.41) is 0. The van der Waals surface area contributed by atoms with Gasteiger partial charge in [0.2, 0.25) is 5.91 Å². The molecule has 1 aromatic rings. The third-order valence-electron chi connectivity index (χ3n) is 3.37. The van der Waals surface area contributed by atoms with Crippen molar-refractivity contribution in [2.45, 2.75) is 26.8 Å². The largest absolute Gasteiger partial charge is 0.338 e. The smallest absolute Gasteiger partial charge is 0.223 e. The first-order valence-electron chi connectivity index (χ1n) is 6.00. The molecule has 0 spiro atoms. The molecule has 2 rings (SSSR count). The third-order valence-corrected chi connectivity index (χ3v) is 3.81. The Morgan fingerprint density at radius 3 is 2.76 bits per heavy atom. The first-order chi connectivity index (χ1) is 8.10. The number of halogens is 1. The third kappa shape index (κ3) is 2.81. The van der Waals surface area contributed by atoms with Gasteiger partial charge in [0.05, 0.1) is 0 Å². The van der Waals surface area contributed by atoms with Crippen molar-refractivity contribution in [3.63, 3.8) is 0 Å². The summed E-state index contributed by atoms with van der Waals surface area (Å²) in [6.45, 7) is 5.71. The van der Waals surface area contributed by atoms with Crippen LogP contribution in [0.25, 0.3) is 0 Å². The zero-order valence-corrected chi connectivity index (χ0v) is 11.1. The molecule has 92 valence electrons. The fourth-order valence-electron chi connectivity index (χ4n) is 2.34. The van der Waals surface area contributed by atoms with Gasteiger partial charge in [-0.05, 0) is 30.9 Å². The monoisotopic (exact) mass is 251 g/mol. The van der Waals surface area contributed by atoms with Gasteiger partial charge in [0, 0.05) is 25.4 Å². The first kappa shape index (κ1) is 12.4. The maximum absolute atomic E-state index is 11.8. The molecule has 1 fully saturated rings. The average molecular weight is 252 g/mol. The molecule has 1 saturated heterocycles. The van der Waals surface area contributed by atoms with Gasteiger partial charge < -0.3 is 4.90 Å². The zero-order chi connectivity index (χ0) is 12.4. The van der Waals surface area contributed by atoms with E-state index in [4.69, 9.17) is 11.6 Å². The molecule has 0 radical (unpaired) electrons. The molecule has 3 heteroatoms. The van der Waals surface area contributed by atoms with Crippen LogP contribution in [-0.2, 0) is 11.3 Å². The number of alkyl halides is 1. The normalized spacial score (nSPS) is 20.1. The van der Waals surface area contributed by atoms with E-state index in [2.05, 4.69) is 32.0 Å². The molecule has 1 atom stereocenters. The van der Waals surface area contributed by atoms with Crippen molar-refractivity contribution in [2.75, 3.05) is 12.4 Å². The molecule has 0 saturated carbocycles. The van der Waals surface area contributed by atoms with Crippen LogP contribution in [0.3, 0.4) is 0 Å². The average Bonchev–Trinajstić information content (AvgIpc) is 2.64. The van der Waals surface area contributed by atoms with Gasteiger partial charge >= 0.3 is 0 Å². The van der Waals surface area contributed by atoms with Gasteiger partial charge in [-0.15, -0.1) is 11.6 Å². The molecule has 1 aliphatic heterocycles.